The number of aliphatic hydroxyl groups is 1. The van der Waals surface area contributed by atoms with Gasteiger partial charge in [-0.2, -0.15) is 8.42 Å². The van der Waals surface area contributed by atoms with E-state index in [-0.39, 0.29) is 17.3 Å². The lowest BCUT2D eigenvalue weighted by Crippen LogP contribution is -2.39. The summed E-state index contributed by atoms with van der Waals surface area (Å²) in [6, 6.07) is 6.55. The Morgan fingerprint density at radius 3 is 2.72 bits per heavy atom. The van der Waals surface area contributed by atoms with Crippen molar-refractivity contribution in [2.45, 2.75) is 18.2 Å². The molecule has 2 N–H and O–H groups in total. The van der Waals surface area contributed by atoms with E-state index in [4.69, 9.17) is 0 Å². The van der Waals surface area contributed by atoms with E-state index in [9.17, 15) is 13.5 Å². The van der Waals surface area contributed by atoms with Crippen LogP contribution in [0.1, 0.15) is 13.3 Å². The Morgan fingerprint density at radius 1 is 1.44 bits per heavy atom. The van der Waals surface area contributed by atoms with Gasteiger partial charge in [0.1, 0.15) is 10.7 Å². The van der Waals surface area contributed by atoms with Crippen LogP contribution in [0, 0.1) is 12.3 Å². The number of benzene rings is 1. The van der Waals surface area contributed by atoms with Crippen LogP contribution in [-0.4, -0.2) is 26.0 Å². The molecule has 1 unspecified atom stereocenters. The standard InChI is InChI=1S/C12H15N2O3S/c1-3-12(2,8-15)11-13-9-6-4-5-7-10(9)18(16,17)14-11/h4-7,15H,1,3,8H2,2H3,(H,13,14). The zero-order valence-electron chi connectivity index (χ0n) is 10.0. The van der Waals surface area contributed by atoms with Gasteiger partial charge in [0.15, 0.2) is 0 Å². The average molecular weight is 267 g/mol. The molecule has 0 saturated carbocycles. The molecule has 5 nitrogen and oxygen atoms in total. The maximum absolute atomic E-state index is 12.0. The highest BCUT2D eigenvalue weighted by Gasteiger charge is 2.34. The fourth-order valence-electron chi connectivity index (χ4n) is 1.65. The van der Waals surface area contributed by atoms with E-state index in [1.807, 2.05) is 0 Å². The number of anilines is 1. The Labute approximate surface area is 107 Å². The van der Waals surface area contributed by atoms with Crippen LogP contribution >= 0.6 is 0 Å². The number of hydrogen-bond acceptors (Lipinski definition) is 4. The summed E-state index contributed by atoms with van der Waals surface area (Å²) in [6.45, 7) is 5.23. The third kappa shape index (κ3) is 2.02. The summed E-state index contributed by atoms with van der Waals surface area (Å²) in [6.07, 6.45) is 0.340. The molecule has 2 rings (SSSR count). The Hall–Kier alpha value is -1.40. The van der Waals surface area contributed by atoms with Gasteiger partial charge in [-0.25, -0.2) is 0 Å². The summed E-state index contributed by atoms with van der Waals surface area (Å²) in [5.74, 6) is 0.235. The SMILES string of the molecule is [CH2]CC(C)(CO)C1=NS(=O)(=O)c2ccccc2N1. The number of amidine groups is 1. The van der Waals surface area contributed by atoms with Gasteiger partial charge in [0.05, 0.1) is 12.3 Å². The van der Waals surface area contributed by atoms with Crippen molar-refractivity contribution in [3.8, 4) is 0 Å². The van der Waals surface area contributed by atoms with Gasteiger partial charge in [0.2, 0.25) is 0 Å². The van der Waals surface area contributed by atoms with Gasteiger partial charge in [0.25, 0.3) is 10.0 Å². The van der Waals surface area contributed by atoms with Crippen molar-refractivity contribution in [3.63, 3.8) is 0 Å². The molecule has 18 heavy (non-hydrogen) atoms. The van der Waals surface area contributed by atoms with E-state index in [0.29, 0.717) is 12.1 Å². The first kappa shape index (κ1) is 13.0. The molecule has 1 aliphatic rings. The number of hydrogen-bond donors (Lipinski definition) is 2. The average Bonchev–Trinajstić information content (AvgIpc) is 2.37. The van der Waals surface area contributed by atoms with E-state index >= 15 is 0 Å². The first-order valence-corrected chi connectivity index (χ1v) is 6.98. The minimum absolute atomic E-state index is 0.151. The number of nitrogens with one attached hydrogen (secondary N) is 1. The fourth-order valence-corrected chi connectivity index (χ4v) is 2.90. The summed E-state index contributed by atoms with van der Waals surface area (Å²) in [5.41, 5.74) is -0.309. The van der Waals surface area contributed by atoms with Crippen LogP contribution in [0.25, 0.3) is 0 Å². The van der Waals surface area contributed by atoms with Crippen LogP contribution < -0.4 is 5.32 Å². The van der Waals surface area contributed by atoms with E-state index in [0.717, 1.165) is 0 Å². The van der Waals surface area contributed by atoms with Crippen molar-refractivity contribution < 1.29 is 13.5 Å². The van der Waals surface area contributed by atoms with Crippen LogP contribution in [0.3, 0.4) is 0 Å². The van der Waals surface area contributed by atoms with E-state index < -0.39 is 15.4 Å². The van der Waals surface area contributed by atoms with Crippen LogP contribution in [0.2, 0.25) is 0 Å². The number of nitrogens with zero attached hydrogens (tertiary/aromatic N) is 1. The molecule has 1 heterocycles. The van der Waals surface area contributed by atoms with Crippen molar-refractivity contribution in [2.75, 3.05) is 11.9 Å². The minimum Gasteiger partial charge on any atom is -0.395 e. The monoisotopic (exact) mass is 267 g/mol. The molecule has 97 valence electrons. The largest absolute Gasteiger partial charge is 0.395 e. The van der Waals surface area contributed by atoms with Crippen LogP contribution in [0.4, 0.5) is 5.69 Å². The molecule has 0 aliphatic carbocycles. The van der Waals surface area contributed by atoms with E-state index in [1.165, 1.54) is 6.07 Å². The second kappa shape index (κ2) is 4.37. The fraction of sp³-hybridized carbons (Fsp3) is 0.333. The highest BCUT2D eigenvalue weighted by molar-refractivity contribution is 7.90. The first-order valence-electron chi connectivity index (χ1n) is 5.54. The molecule has 0 spiro atoms. The summed E-state index contributed by atoms with van der Waals surface area (Å²) in [4.78, 5) is 0.151. The third-order valence-corrected chi connectivity index (χ3v) is 4.44. The number of aliphatic hydroxyl groups excluding tert-OH is 1. The van der Waals surface area contributed by atoms with Gasteiger partial charge in [0, 0.05) is 5.41 Å². The summed E-state index contributed by atoms with van der Waals surface area (Å²) in [5, 5.41) is 12.4. The smallest absolute Gasteiger partial charge is 0.286 e. The number of fused-ring (bicyclic) bond motifs is 1. The van der Waals surface area contributed by atoms with Crippen molar-refractivity contribution in [2.24, 2.45) is 9.81 Å². The highest BCUT2D eigenvalue weighted by Crippen LogP contribution is 2.32. The molecule has 1 aromatic carbocycles. The molecule has 1 radical (unpaired) electrons. The lowest BCUT2D eigenvalue weighted by Gasteiger charge is -2.30. The zero-order valence-corrected chi connectivity index (χ0v) is 10.9. The van der Waals surface area contributed by atoms with Crippen molar-refractivity contribution >= 4 is 21.5 Å². The highest BCUT2D eigenvalue weighted by atomic mass is 32.2. The molecule has 0 bridgehead atoms. The number of rotatable bonds is 3. The van der Waals surface area contributed by atoms with Gasteiger partial charge in [-0.05, 0) is 18.6 Å². The van der Waals surface area contributed by atoms with Crippen LogP contribution in [-0.2, 0) is 10.0 Å². The Balaban J connectivity index is 2.55. The van der Waals surface area contributed by atoms with Crippen molar-refractivity contribution in [3.05, 3.63) is 31.2 Å². The molecule has 1 aliphatic heterocycles. The Bertz CT molecular complexity index is 589. The quantitative estimate of drug-likeness (QED) is 0.868. The molecule has 0 aromatic heterocycles. The molecular formula is C12H15N2O3S. The van der Waals surface area contributed by atoms with Gasteiger partial charge in [-0.15, -0.1) is 4.40 Å². The molecule has 1 atom stereocenters. The molecule has 0 fully saturated rings. The van der Waals surface area contributed by atoms with E-state index in [2.05, 4.69) is 16.6 Å². The molecule has 1 aromatic rings. The lowest BCUT2D eigenvalue weighted by molar-refractivity contribution is 0.200. The predicted molar refractivity (Wildman–Crippen MR) is 69.9 cm³/mol. The molecular weight excluding hydrogens is 252 g/mol. The number of para-hydroxylation sites is 1. The molecule has 0 amide bonds. The van der Waals surface area contributed by atoms with Gasteiger partial charge >= 0.3 is 0 Å². The predicted octanol–water partition coefficient (Wildman–Crippen LogP) is 1.42. The number of sulfonamides is 1. The maximum Gasteiger partial charge on any atom is 0.286 e. The maximum atomic E-state index is 12.0. The summed E-state index contributed by atoms with van der Waals surface area (Å²) < 4.78 is 27.8. The zero-order chi connectivity index (χ0) is 13.4. The second-order valence-electron chi connectivity index (χ2n) is 4.50. The van der Waals surface area contributed by atoms with Gasteiger partial charge in [-0.3, -0.25) is 0 Å². The van der Waals surface area contributed by atoms with Crippen molar-refractivity contribution in [1.82, 2.24) is 0 Å². The van der Waals surface area contributed by atoms with Crippen LogP contribution in [0.15, 0.2) is 33.6 Å². The summed E-state index contributed by atoms with van der Waals surface area (Å²) in [7, 11) is -3.71. The Morgan fingerprint density at radius 2 is 2.11 bits per heavy atom. The van der Waals surface area contributed by atoms with Crippen molar-refractivity contribution in [1.29, 1.82) is 0 Å². The van der Waals surface area contributed by atoms with Gasteiger partial charge < -0.3 is 10.4 Å². The topological polar surface area (TPSA) is 78.8 Å². The van der Waals surface area contributed by atoms with Gasteiger partial charge in [-0.1, -0.05) is 26.0 Å². The first-order chi connectivity index (χ1) is 8.43. The van der Waals surface area contributed by atoms with E-state index in [1.54, 1.807) is 25.1 Å². The lowest BCUT2D eigenvalue weighted by atomic mass is 9.87. The molecule has 0 saturated heterocycles. The normalized spacial score (nSPS) is 20.3. The Kier molecular flexibility index (Phi) is 3.16. The third-order valence-electron chi connectivity index (χ3n) is 3.10. The molecule has 6 heteroatoms. The summed E-state index contributed by atoms with van der Waals surface area (Å²) >= 11 is 0. The second-order valence-corrected chi connectivity index (χ2v) is 6.08. The minimum atomic E-state index is -3.71. The van der Waals surface area contributed by atoms with Crippen LogP contribution in [0.5, 0.6) is 0 Å².